The zero-order valence-electron chi connectivity index (χ0n) is 17.5. The van der Waals surface area contributed by atoms with Crippen molar-refractivity contribution in [3.8, 4) is 0 Å². The van der Waals surface area contributed by atoms with Crippen LogP contribution in [0.1, 0.15) is 34.8 Å². The number of para-hydroxylation sites is 2. The molecule has 1 amide bonds. The van der Waals surface area contributed by atoms with Crippen LogP contribution in [0.3, 0.4) is 0 Å². The number of carbonyl (C=O) groups is 1. The number of likely N-dealkylation sites (tertiary alicyclic amines) is 1. The van der Waals surface area contributed by atoms with E-state index in [1.165, 1.54) is 4.57 Å². The quantitative estimate of drug-likeness (QED) is 0.468. The van der Waals surface area contributed by atoms with Crippen molar-refractivity contribution in [2.45, 2.75) is 32.5 Å². The van der Waals surface area contributed by atoms with E-state index < -0.39 is 12.0 Å². The standard InChI is InChI=1S/C23H22F3N5O/c1-15-20(30-11-5-4-8-19(30)27-15)21(32)29-12-9-16(10-13-29)14-31-18-7-3-2-6-17(18)28-22(31)23(24,25)26/h2-8,11,16H,9-10,12-14H2,1H3. The molecule has 0 radical (unpaired) electrons. The van der Waals surface area contributed by atoms with Gasteiger partial charge in [0.25, 0.3) is 5.91 Å². The summed E-state index contributed by atoms with van der Waals surface area (Å²) in [6, 6.07) is 12.3. The van der Waals surface area contributed by atoms with Crippen LogP contribution in [0.5, 0.6) is 0 Å². The van der Waals surface area contributed by atoms with Crippen LogP contribution in [-0.4, -0.2) is 42.8 Å². The highest BCUT2D eigenvalue weighted by molar-refractivity contribution is 5.94. The predicted molar refractivity (Wildman–Crippen MR) is 113 cm³/mol. The molecule has 6 nitrogen and oxygen atoms in total. The van der Waals surface area contributed by atoms with E-state index in [0.717, 1.165) is 5.65 Å². The molecule has 1 saturated heterocycles. The summed E-state index contributed by atoms with van der Waals surface area (Å²) in [5, 5.41) is 0. The maximum Gasteiger partial charge on any atom is 0.449 e. The second-order valence-corrected chi connectivity index (χ2v) is 8.24. The van der Waals surface area contributed by atoms with Crippen LogP contribution >= 0.6 is 0 Å². The average Bonchev–Trinajstić information content (AvgIpc) is 3.31. The summed E-state index contributed by atoms with van der Waals surface area (Å²) in [6.07, 6.45) is -1.44. The molecule has 5 rings (SSSR count). The van der Waals surface area contributed by atoms with Gasteiger partial charge < -0.3 is 9.47 Å². The second-order valence-electron chi connectivity index (χ2n) is 8.24. The van der Waals surface area contributed by atoms with Crippen molar-refractivity contribution < 1.29 is 18.0 Å². The molecular weight excluding hydrogens is 419 g/mol. The largest absolute Gasteiger partial charge is 0.449 e. The van der Waals surface area contributed by atoms with Gasteiger partial charge in [0.15, 0.2) is 0 Å². The Morgan fingerprint density at radius 3 is 2.53 bits per heavy atom. The molecule has 0 aliphatic carbocycles. The van der Waals surface area contributed by atoms with Gasteiger partial charge in [-0.25, -0.2) is 9.97 Å². The lowest BCUT2D eigenvalue weighted by Crippen LogP contribution is -2.40. The van der Waals surface area contributed by atoms with Crippen LogP contribution in [-0.2, 0) is 12.7 Å². The van der Waals surface area contributed by atoms with E-state index in [-0.39, 0.29) is 18.4 Å². The maximum absolute atomic E-state index is 13.6. The molecule has 1 aliphatic rings. The maximum atomic E-state index is 13.6. The lowest BCUT2D eigenvalue weighted by atomic mass is 9.96. The molecule has 0 bridgehead atoms. The Bertz CT molecular complexity index is 1300. The summed E-state index contributed by atoms with van der Waals surface area (Å²) in [5.74, 6) is -0.927. The molecule has 3 aromatic heterocycles. The Morgan fingerprint density at radius 2 is 1.78 bits per heavy atom. The summed E-state index contributed by atoms with van der Waals surface area (Å²) in [7, 11) is 0. The van der Waals surface area contributed by atoms with E-state index in [1.807, 2.05) is 31.3 Å². The molecule has 32 heavy (non-hydrogen) atoms. The lowest BCUT2D eigenvalue weighted by Gasteiger charge is -2.32. The van der Waals surface area contributed by atoms with Gasteiger partial charge >= 0.3 is 6.18 Å². The number of fused-ring (bicyclic) bond motifs is 2. The number of rotatable bonds is 3. The highest BCUT2D eigenvalue weighted by Gasteiger charge is 2.38. The number of nitrogens with zero attached hydrogens (tertiary/aromatic N) is 5. The van der Waals surface area contributed by atoms with Gasteiger partial charge in [0.1, 0.15) is 11.3 Å². The number of halogens is 3. The Kier molecular flexibility index (Phi) is 4.91. The first kappa shape index (κ1) is 20.5. The smallest absolute Gasteiger partial charge is 0.337 e. The third kappa shape index (κ3) is 3.51. The van der Waals surface area contributed by atoms with Gasteiger partial charge in [0, 0.05) is 25.8 Å². The van der Waals surface area contributed by atoms with Crippen molar-refractivity contribution in [2.24, 2.45) is 5.92 Å². The van der Waals surface area contributed by atoms with E-state index >= 15 is 0 Å². The van der Waals surface area contributed by atoms with E-state index in [4.69, 9.17) is 0 Å². The number of carbonyl (C=O) groups excluding carboxylic acids is 1. The Morgan fingerprint density at radius 1 is 1.06 bits per heavy atom. The van der Waals surface area contributed by atoms with Gasteiger partial charge in [-0.1, -0.05) is 18.2 Å². The van der Waals surface area contributed by atoms with E-state index in [1.54, 1.807) is 33.6 Å². The number of pyridine rings is 1. The van der Waals surface area contributed by atoms with Crippen LogP contribution in [0, 0.1) is 12.8 Å². The fourth-order valence-electron chi connectivity index (χ4n) is 4.57. The Labute approximate surface area is 182 Å². The van der Waals surface area contributed by atoms with Gasteiger partial charge in [-0.2, -0.15) is 13.2 Å². The molecule has 0 unspecified atom stereocenters. The van der Waals surface area contributed by atoms with Crippen LogP contribution < -0.4 is 0 Å². The molecule has 0 atom stereocenters. The first-order valence-corrected chi connectivity index (χ1v) is 10.6. The monoisotopic (exact) mass is 441 g/mol. The minimum absolute atomic E-state index is 0.0287. The van der Waals surface area contributed by atoms with Crippen LogP contribution in [0.4, 0.5) is 13.2 Å². The molecule has 1 fully saturated rings. The SMILES string of the molecule is Cc1nc2ccccn2c1C(=O)N1CCC(Cn2c(C(F)(F)F)nc3ccccc32)CC1. The molecule has 0 spiro atoms. The Hall–Kier alpha value is -3.36. The van der Waals surface area contributed by atoms with Crippen molar-refractivity contribution in [1.29, 1.82) is 0 Å². The van der Waals surface area contributed by atoms with Gasteiger partial charge in [-0.15, -0.1) is 0 Å². The molecule has 1 aromatic carbocycles. The first-order chi connectivity index (χ1) is 15.3. The van der Waals surface area contributed by atoms with Crippen molar-refractivity contribution in [1.82, 2.24) is 23.8 Å². The van der Waals surface area contributed by atoms with Gasteiger partial charge in [-0.05, 0) is 49.9 Å². The lowest BCUT2D eigenvalue weighted by molar-refractivity contribution is -0.147. The molecule has 4 aromatic rings. The minimum atomic E-state index is -4.52. The highest BCUT2D eigenvalue weighted by Crippen LogP contribution is 2.33. The summed E-state index contributed by atoms with van der Waals surface area (Å²) in [6.45, 7) is 3.04. The van der Waals surface area contributed by atoms with E-state index in [2.05, 4.69) is 9.97 Å². The number of aryl methyl sites for hydroxylation is 1. The summed E-state index contributed by atoms with van der Waals surface area (Å²) in [4.78, 5) is 23.2. The first-order valence-electron chi connectivity index (χ1n) is 10.6. The second kappa shape index (κ2) is 7.65. The normalized spacial score (nSPS) is 15.7. The number of piperidine rings is 1. The van der Waals surface area contributed by atoms with Crippen LogP contribution in [0.15, 0.2) is 48.7 Å². The van der Waals surface area contributed by atoms with Crippen LogP contribution in [0.25, 0.3) is 16.7 Å². The fourth-order valence-corrected chi connectivity index (χ4v) is 4.57. The summed E-state index contributed by atoms with van der Waals surface area (Å²) < 4.78 is 43.8. The molecule has 166 valence electrons. The molecule has 9 heteroatoms. The fraction of sp³-hybridized carbons (Fsp3) is 0.348. The third-order valence-electron chi connectivity index (χ3n) is 6.16. The molecule has 0 N–H and O–H groups in total. The predicted octanol–water partition coefficient (Wildman–Crippen LogP) is 4.56. The number of hydrogen-bond donors (Lipinski definition) is 0. The minimum Gasteiger partial charge on any atom is -0.337 e. The van der Waals surface area contributed by atoms with Crippen molar-refractivity contribution in [3.05, 3.63) is 65.9 Å². The number of imidazole rings is 2. The molecule has 1 aliphatic heterocycles. The highest BCUT2D eigenvalue weighted by atomic mass is 19.4. The Balaban J connectivity index is 1.34. The van der Waals surface area contributed by atoms with Crippen molar-refractivity contribution >= 4 is 22.6 Å². The molecule has 4 heterocycles. The topological polar surface area (TPSA) is 55.4 Å². The summed E-state index contributed by atoms with van der Waals surface area (Å²) >= 11 is 0. The van der Waals surface area contributed by atoms with Gasteiger partial charge in [-0.3, -0.25) is 9.20 Å². The molecular formula is C23H22F3N5O. The zero-order chi connectivity index (χ0) is 22.5. The van der Waals surface area contributed by atoms with Crippen LogP contribution in [0.2, 0.25) is 0 Å². The number of amides is 1. The van der Waals surface area contributed by atoms with E-state index in [9.17, 15) is 18.0 Å². The zero-order valence-corrected chi connectivity index (χ0v) is 17.5. The number of alkyl halides is 3. The number of hydrogen-bond acceptors (Lipinski definition) is 3. The van der Waals surface area contributed by atoms with E-state index in [0.29, 0.717) is 48.4 Å². The number of aromatic nitrogens is 4. The number of benzene rings is 1. The van der Waals surface area contributed by atoms with Gasteiger partial charge in [0.05, 0.1) is 16.7 Å². The van der Waals surface area contributed by atoms with Crippen molar-refractivity contribution in [2.75, 3.05) is 13.1 Å². The third-order valence-corrected chi connectivity index (χ3v) is 6.16. The summed E-state index contributed by atoms with van der Waals surface area (Å²) in [5.41, 5.74) is 2.76. The average molecular weight is 441 g/mol. The van der Waals surface area contributed by atoms with Gasteiger partial charge in [0.2, 0.25) is 5.82 Å². The van der Waals surface area contributed by atoms with Crippen molar-refractivity contribution in [3.63, 3.8) is 0 Å². The molecule has 0 saturated carbocycles.